The first-order valence-corrected chi connectivity index (χ1v) is 16.2. The summed E-state index contributed by atoms with van der Waals surface area (Å²) in [6, 6.07) is 0. The summed E-state index contributed by atoms with van der Waals surface area (Å²) in [6.07, 6.45) is 19.4. The maximum Gasteiger partial charge on any atom is 0.185 e. The topological polar surface area (TPSA) is 25.8 Å². The number of aromatic nitrogens is 2. The van der Waals surface area contributed by atoms with Gasteiger partial charge in [-0.2, -0.15) is 0 Å². The van der Waals surface area contributed by atoms with Crippen LogP contribution in [0.4, 0.5) is 0 Å². The molecule has 0 atom stereocenters. The Labute approximate surface area is 187 Å². The Hall–Kier alpha value is 0.960. The van der Waals surface area contributed by atoms with Gasteiger partial charge in [0.2, 0.25) is 0 Å². The van der Waals surface area contributed by atoms with Gasteiger partial charge in [0.1, 0.15) is 0 Å². The minimum atomic E-state index is 1.11. The van der Waals surface area contributed by atoms with Gasteiger partial charge in [-0.25, -0.2) is 0 Å². The van der Waals surface area contributed by atoms with E-state index in [9.17, 15) is 0 Å². The molecule has 0 aliphatic carbocycles. The van der Waals surface area contributed by atoms with E-state index >= 15 is 0 Å². The predicted octanol–water partition coefficient (Wildman–Crippen LogP) is 9.52. The smallest absolute Gasteiger partial charge is 0.130 e. The van der Waals surface area contributed by atoms with Crippen molar-refractivity contribution in [3.05, 3.63) is 0 Å². The monoisotopic (exact) mass is 466 g/mol. The predicted molar refractivity (Wildman–Crippen MR) is 133 cm³/mol. The van der Waals surface area contributed by atoms with E-state index in [1.807, 2.05) is 43.2 Å². The largest absolute Gasteiger partial charge is 0.185 e. The van der Waals surface area contributed by atoms with Gasteiger partial charge in [-0.15, -0.1) is 10.2 Å². The summed E-state index contributed by atoms with van der Waals surface area (Å²) in [7, 11) is 7.50. The van der Waals surface area contributed by atoms with Crippen molar-refractivity contribution in [3.63, 3.8) is 0 Å². The number of rotatable bonds is 20. The van der Waals surface area contributed by atoms with E-state index in [0.717, 1.165) is 8.68 Å². The van der Waals surface area contributed by atoms with Crippen molar-refractivity contribution in [1.82, 2.24) is 10.2 Å². The summed E-state index contributed by atoms with van der Waals surface area (Å²) >= 11 is 1.75. The van der Waals surface area contributed by atoms with Gasteiger partial charge in [0.25, 0.3) is 0 Å². The highest BCUT2D eigenvalue weighted by atomic mass is 33.1. The van der Waals surface area contributed by atoms with E-state index in [4.69, 9.17) is 0 Å². The van der Waals surface area contributed by atoms with Crippen molar-refractivity contribution in [1.29, 1.82) is 0 Å². The van der Waals surface area contributed by atoms with Crippen LogP contribution in [-0.4, -0.2) is 21.7 Å². The quantitative estimate of drug-likeness (QED) is 0.140. The molecule has 27 heavy (non-hydrogen) atoms. The molecule has 0 saturated heterocycles. The summed E-state index contributed by atoms with van der Waals surface area (Å²) in [5.41, 5.74) is 0. The Morgan fingerprint density at radius 2 is 0.926 bits per heavy atom. The SMILES string of the molecule is CCCCCCCCCSSc1nnc(SSCCCCCCCCC)s1. The van der Waals surface area contributed by atoms with Crippen LogP contribution >= 0.6 is 54.5 Å². The number of nitrogens with zero attached hydrogens (tertiary/aromatic N) is 2. The zero-order valence-electron chi connectivity index (χ0n) is 17.2. The highest BCUT2D eigenvalue weighted by Gasteiger charge is 2.06. The second kappa shape index (κ2) is 20.2. The Bertz CT molecular complexity index is 392. The van der Waals surface area contributed by atoms with E-state index in [1.54, 1.807) is 11.3 Å². The van der Waals surface area contributed by atoms with E-state index in [-0.39, 0.29) is 0 Å². The molecule has 0 N–H and O–H groups in total. The molecule has 0 aromatic carbocycles. The van der Waals surface area contributed by atoms with Gasteiger partial charge in [0.05, 0.1) is 0 Å². The third-order valence-corrected chi connectivity index (χ3v) is 10.7. The van der Waals surface area contributed by atoms with E-state index in [0.29, 0.717) is 0 Å². The standard InChI is InChI=1S/C20H38N2S5/c1-3-5-7-9-11-13-15-17-23-26-19-21-22-20(25-19)27-24-18-16-14-12-10-8-6-4-2/h3-18H2,1-2H3. The van der Waals surface area contributed by atoms with Crippen molar-refractivity contribution >= 4 is 54.5 Å². The first-order valence-electron chi connectivity index (χ1n) is 10.8. The third kappa shape index (κ3) is 16.4. The Balaban J connectivity index is 1.90. The normalized spacial score (nSPS) is 11.3. The maximum absolute atomic E-state index is 4.32. The van der Waals surface area contributed by atoms with Crippen LogP contribution in [0.1, 0.15) is 104 Å². The van der Waals surface area contributed by atoms with Gasteiger partial charge in [-0.3, -0.25) is 0 Å². The average molecular weight is 467 g/mol. The molecule has 1 rings (SSSR count). The van der Waals surface area contributed by atoms with Gasteiger partial charge < -0.3 is 0 Å². The summed E-state index contributed by atoms with van der Waals surface area (Å²) < 4.78 is 2.23. The van der Waals surface area contributed by atoms with Gasteiger partial charge in [-0.05, 0) is 34.4 Å². The fourth-order valence-corrected chi connectivity index (χ4v) is 8.55. The molecule has 0 aliphatic heterocycles. The van der Waals surface area contributed by atoms with E-state index in [2.05, 4.69) is 24.0 Å². The fraction of sp³-hybridized carbons (Fsp3) is 0.900. The van der Waals surface area contributed by atoms with Crippen molar-refractivity contribution < 1.29 is 0 Å². The molecule has 0 spiro atoms. The molecule has 0 bridgehead atoms. The van der Waals surface area contributed by atoms with Gasteiger partial charge in [-0.1, -0.05) is 124 Å². The van der Waals surface area contributed by atoms with Crippen molar-refractivity contribution in [3.8, 4) is 0 Å². The molecule has 0 amide bonds. The minimum absolute atomic E-state index is 1.11. The zero-order chi connectivity index (χ0) is 19.4. The summed E-state index contributed by atoms with van der Waals surface area (Å²) in [4.78, 5) is 0. The lowest BCUT2D eigenvalue weighted by molar-refractivity contribution is 0.604. The number of hydrogen-bond acceptors (Lipinski definition) is 7. The van der Waals surface area contributed by atoms with E-state index in [1.165, 1.54) is 101 Å². The van der Waals surface area contributed by atoms with Crippen LogP contribution in [0.2, 0.25) is 0 Å². The summed E-state index contributed by atoms with van der Waals surface area (Å²) in [5.74, 6) is 2.46. The molecule has 0 unspecified atom stereocenters. The van der Waals surface area contributed by atoms with Crippen LogP contribution in [0, 0.1) is 0 Å². The molecule has 1 aromatic rings. The molecular formula is C20H38N2S5. The van der Waals surface area contributed by atoms with Gasteiger partial charge in [0, 0.05) is 11.5 Å². The van der Waals surface area contributed by atoms with Crippen LogP contribution in [0.5, 0.6) is 0 Å². The molecule has 158 valence electrons. The average Bonchev–Trinajstić information content (AvgIpc) is 3.13. The fourth-order valence-electron chi connectivity index (χ4n) is 2.68. The van der Waals surface area contributed by atoms with Gasteiger partial charge >= 0.3 is 0 Å². The zero-order valence-corrected chi connectivity index (χ0v) is 21.3. The van der Waals surface area contributed by atoms with Crippen LogP contribution < -0.4 is 0 Å². The van der Waals surface area contributed by atoms with Crippen LogP contribution in [0.15, 0.2) is 8.68 Å². The molecule has 0 fully saturated rings. The van der Waals surface area contributed by atoms with Gasteiger partial charge in [0.15, 0.2) is 8.68 Å². The van der Waals surface area contributed by atoms with Crippen LogP contribution in [0.25, 0.3) is 0 Å². The summed E-state index contributed by atoms with van der Waals surface area (Å²) in [5, 5.41) is 8.63. The third-order valence-electron chi connectivity index (χ3n) is 4.31. The van der Waals surface area contributed by atoms with E-state index < -0.39 is 0 Å². The lowest BCUT2D eigenvalue weighted by atomic mass is 10.1. The maximum atomic E-state index is 4.32. The Morgan fingerprint density at radius 3 is 1.33 bits per heavy atom. The van der Waals surface area contributed by atoms with Crippen LogP contribution in [-0.2, 0) is 0 Å². The molecule has 1 heterocycles. The molecule has 7 heteroatoms. The second-order valence-electron chi connectivity index (χ2n) is 6.89. The molecular weight excluding hydrogens is 429 g/mol. The van der Waals surface area contributed by atoms with Crippen molar-refractivity contribution in [2.24, 2.45) is 0 Å². The first kappa shape index (κ1) is 26.0. The lowest BCUT2D eigenvalue weighted by Crippen LogP contribution is -1.81. The Kier molecular flexibility index (Phi) is 19.5. The molecule has 0 saturated carbocycles. The summed E-state index contributed by atoms with van der Waals surface area (Å²) in [6.45, 7) is 4.56. The second-order valence-corrected chi connectivity index (χ2v) is 13.2. The molecule has 0 radical (unpaired) electrons. The molecule has 0 aliphatic rings. The molecule has 2 nitrogen and oxygen atoms in total. The Morgan fingerprint density at radius 1 is 0.556 bits per heavy atom. The number of hydrogen-bond donors (Lipinski definition) is 0. The highest BCUT2D eigenvalue weighted by Crippen LogP contribution is 2.39. The van der Waals surface area contributed by atoms with Crippen molar-refractivity contribution in [2.75, 3.05) is 11.5 Å². The minimum Gasteiger partial charge on any atom is -0.130 e. The lowest BCUT2D eigenvalue weighted by Gasteiger charge is -2.00. The van der Waals surface area contributed by atoms with Crippen molar-refractivity contribution in [2.45, 2.75) is 112 Å². The first-order chi connectivity index (χ1) is 13.4. The number of unbranched alkanes of at least 4 members (excludes halogenated alkanes) is 12. The highest BCUT2D eigenvalue weighted by molar-refractivity contribution is 8.77. The van der Waals surface area contributed by atoms with Crippen LogP contribution in [0.3, 0.4) is 0 Å². The molecule has 1 aromatic heterocycles.